The number of benzene rings is 2. The van der Waals surface area contributed by atoms with Crippen LogP contribution in [0.15, 0.2) is 54.6 Å². The highest BCUT2D eigenvalue weighted by atomic mass is 16.7. The maximum atomic E-state index is 12.2. The summed E-state index contributed by atoms with van der Waals surface area (Å²) >= 11 is 0. The van der Waals surface area contributed by atoms with E-state index >= 15 is 0 Å². The number of aryl methyl sites for hydroxylation is 1. The first-order valence-electron chi connectivity index (χ1n) is 7.33. The van der Waals surface area contributed by atoms with E-state index in [4.69, 9.17) is 10.6 Å². The van der Waals surface area contributed by atoms with E-state index in [0.29, 0.717) is 12.3 Å². The molecule has 3 N–H and O–H groups in total. The van der Waals surface area contributed by atoms with E-state index in [1.807, 2.05) is 68.4 Å². The van der Waals surface area contributed by atoms with Crippen molar-refractivity contribution in [3.05, 3.63) is 71.3 Å². The summed E-state index contributed by atoms with van der Waals surface area (Å²) in [7, 11) is 0. The van der Waals surface area contributed by atoms with Gasteiger partial charge in [0, 0.05) is 0 Å². The minimum Gasteiger partial charge on any atom is -0.284 e. The molecule has 0 aliphatic rings. The zero-order valence-corrected chi connectivity index (χ0v) is 12.9. The standard InChI is InChI=1S/C18H20N2O2/c1-3-16(14-7-5-4-6-8-14)18(21)22-20-17(19)15-11-9-13(2)10-12-15/h4-12,16H,3H2,1-2H3,(H2,19,20)/p+1/t16-/m1/s1. The number of nitrogen functional groups attached to an aromatic ring is 1. The molecule has 0 amide bonds. The van der Waals surface area contributed by atoms with Crippen molar-refractivity contribution >= 4 is 11.8 Å². The summed E-state index contributed by atoms with van der Waals surface area (Å²) in [4.78, 5) is 17.4. The number of carbonyl (C=O) groups is 1. The van der Waals surface area contributed by atoms with Gasteiger partial charge in [0.2, 0.25) is 0 Å². The van der Waals surface area contributed by atoms with Gasteiger partial charge in [-0.3, -0.25) is 10.6 Å². The van der Waals surface area contributed by atoms with Crippen molar-refractivity contribution in [2.45, 2.75) is 26.2 Å². The molecule has 4 nitrogen and oxygen atoms in total. The summed E-state index contributed by atoms with van der Waals surface area (Å²) in [5, 5.41) is 2.55. The van der Waals surface area contributed by atoms with Gasteiger partial charge in [-0.25, -0.2) is 4.79 Å². The van der Waals surface area contributed by atoms with Crippen molar-refractivity contribution in [2.75, 3.05) is 0 Å². The molecule has 0 fully saturated rings. The molecule has 2 aromatic carbocycles. The highest BCUT2D eigenvalue weighted by Crippen LogP contribution is 2.19. The lowest BCUT2D eigenvalue weighted by Crippen LogP contribution is -2.76. The molecule has 0 aromatic heterocycles. The summed E-state index contributed by atoms with van der Waals surface area (Å²) in [5.41, 5.74) is 8.76. The van der Waals surface area contributed by atoms with Crippen molar-refractivity contribution in [1.29, 1.82) is 0 Å². The molecule has 0 spiro atoms. The molecule has 2 rings (SSSR count). The van der Waals surface area contributed by atoms with Crippen LogP contribution in [0.2, 0.25) is 0 Å². The summed E-state index contributed by atoms with van der Waals surface area (Å²) in [6, 6.07) is 17.2. The van der Waals surface area contributed by atoms with Gasteiger partial charge in [-0.15, -0.1) is 0 Å². The van der Waals surface area contributed by atoms with Gasteiger partial charge in [0.05, 0.1) is 11.5 Å². The molecule has 22 heavy (non-hydrogen) atoms. The zero-order valence-electron chi connectivity index (χ0n) is 12.9. The van der Waals surface area contributed by atoms with Gasteiger partial charge in [0.25, 0.3) is 0 Å². The van der Waals surface area contributed by atoms with Crippen molar-refractivity contribution < 1.29 is 14.8 Å². The van der Waals surface area contributed by atoms with Crippen LogP contribution >= 0.6 is 0 Å². The summed E-state index contributed by atoms with van der Waals surface area (Å²) < 4.78 is 0. The highest BCUT2D eigenvalue weighted by molar-refractivity contribution is 5.93. The lowest BCUT2D eigenvalue weighted by atomic mass is 9.97. The van der Waals surface area contributed by atoms with Gasteiger partial charge in [-0.05, 0) is 31.0 Å². The van der Waals surface area contributed by atoms with Gasteiger partial charge in [-0.2, -0.15) is 0 Å². The number of nitrogens with two attached hydrogens (primary N) is 1. The summed E-state index contributed by atoms with van der Waals surface area (Å²) in [6.45, 7) is 3.95. The second-order valence-electron chi connectivity index (χ2n) is 5.17. The lowest BCUT2D eigenvalue weighted by molar-refractivity contribution is -0.724. The predicted octanol–water partition coefficient (Wildman–Crippen LogP) is 1.43. The molecule has 0 unspecified atom stereocenters. The molecule has 0 aliphatic heterocycles. The Morgan fingerprint density at radius 2 is 1.77 bits per heavy atom. The Balaban J connectivity index is 2.07. The first kappa shape index (κ1) is 15.8. The molecular formula is C18H21N2O2+. The Bertz CT molecular complexity index is 649. The summed E-state index contributed by atoms with van der Waals surface area (Å²) in [6.07, 6.45) is 0.662. The molecule has 2 aromatic rings. The van der Waals surface area contributed by atoms with Crippen LogP contribution in [0.25, 0.3) is 0 Å². The van der Waals surface area contributed by atoms with E-state index in [1.54, 1.807) is 0 Å². The maximum absolute atomic E-state index is 12.2. The molecule has 0 radical (unpaired) electrons. The normalized spacial score (nSPS) is 12.7. The Hall–Kier alpha value is -2.62. The Kier molecular flexibility index (Phi) is 5.31. The molecule has 0 bridgehead atoms. The van der Waals surface area contributed by atoms with E-state index in [2.05, 4.69) is 5.16 Å². The van der Waals surface area contributed by atoms with Gasteiger partial charge in [0.1, 0.15) is 0 Å². The van der Waals surface area contributed by atoms with E-state index in [1.165, 1.54) is 0 Å². The van der Waals surface area contributed by atoms with E-state index in [-0.39, 0.29) is 11.9 Å². The number of amidine groups is 1. The molecular weight excluding hydrogens is 276 g/mol. The Morgan fingerprint density at radius 3 is 2.36 bits per heavy atom. The quantitative estimate of drug-likeness (QED) is 0.380. The monoisotopic (exact) mass is 297 g/mol. The Labute approximate surface area is 130 Å². The van der Waals surface area contributed by atoms with Crippen LogP contribution in [-0.2, 0) is 9.63 Å². The second-order valence-corrected chi connectivity index (χ2v) is 5.17. The van der Waals surface area contributed by atoms with Gasteiger partial charge in [-0.1, -0.05) is 60.1 Å². The molecule has 0 saturated carbocycles. The van der Waals surface area contributed by atoms with Gasteiger partial charge >= 0.3 is 11.8 Å². The van der Waals surface area contributed by atoms with Crippen LogP contribution < -0.4 is 10.9 Å². The molecule has 4 heteroatoms. The van der Waals surface area contributed by atoms with Crippen LogP contribution in [-0.4, -0.2) is 11.8 Å². The van der Waals surface area contributed by atoms with Crippen molar-refractivity contribution in [1.82, 2.24) is 0 Å². The van der Waals surface area contributed by atoms with E-state index < -0.39 is 0 Å². The van der Waals surface area contributed by atoms with Gasteiger partial charge in [0.15, 0.2) is 0 Å². The van der Waals surface area contributed by atoms with Crippen LogP contribution in [0.1, 0.15) is 36.0 Å². The van der Waals surface area contributed by atoms with Gasteiger partial charge < -0.3 is 0 Å². The van der Waals surface area contributed by atoms with Crippen molar-refractivity contribution in [3.8, 4) is 0 Å². The number of hydrogen-bond donors (Lipinski definition) is 2. The minimum absolute atomic E-state index is 0.306. The molecule has 0 heterocycles. The number of rotatable bonds is 5. The third kappa shape index (κ3) is 3.95. The second kappa shape index (κ2) is 7.41. The van der Waals surface area contributed by atoms with Crippen LogP contribution in [0.3, 0.4) is 0 Å². The maximum Gasteiger partial charge on any atom is 0.364 e. The van der Waals surface area contributed by atoms with Crippen LogP contribution in [0.4, 0.5) is 0 Å². The average molecular weight is 297 g/mol. The highest BCUT2D eigenvalue weighted by Gasteiger charge is 2.21. The third-order valence-corrected chi connectivity index (χ3v) is 3.52. The van der Waals surface area contributed by atoms with Crippen LogP contribution in [0, 0.1) is 6.92 Å². The Morgan fingerprint density at radius 1 is 1.14 bits per heavy atom. The topological polar surface area (TPSA) is 66.3 Å². The summed E-state index contributed by atoms with van der Waals surface area (Å²) in [5.74, 6) is -0.334. The fourth-order valence-corrected chi connectivity index (χ4v) is 2.19. The predicted molar refractivity (Wildman–Crippen MR) is 86.0 cm³/mol. The molecule has 0 aliphatic carbocycles. The fraction of sp³-hybridized carbons (Fsp3) is 0.222. The lowest BCUT2D eigenvalue weighted by Gasteiger charge is -2.10. The zero-order chi connectivity index (χ0) is 15.9. The molecule has 114 valence electrons. The van der Waals surface area contributed by atoms with E-state index in [9.17, 15) is 4.79 Å². The minimum atomic E-state index is -0.344. The SMILES string of the molecule is CC[C@@H](C(=O)O[NH+]=C(N)c1ccc(C)cc1)c1ccccc1. The first-order valence-corrected chi connectivity index (χ1v) is 7.33. The number of nitrogens with one attached hydrogen (secondary N) is 1. The molecule has 0 saturated heterocycles. The molecule has 1 atom stereocenters. The third-order valence-electron chi connectivity index (χ3n) is 3.52. The number of carbonyl (C=O) groups excluding carboxylic acids is 1. The van der Waals surface area contributed by atoms with Crippen LogP contribution in [0.5, 0.6) is 0 Å². The van der Waals surface area contributed by atoms with Crippen molar-refractivity contribution in [2.24, 2.45) is 5.73 Å². The van der Waals surface area contributed by atoms with E-state index in [0.717, 1.165) is 16.7 Å². The largest absolute Gasteiger partial charge is 0.364 e. The van der Waals surface area contributed by atoms with Crippen molar-refractivity contribution in [3.63, 3.8) is 0 Å². The number of hydrogen-bond acceptors (Lipinski definition) is 2. The first-order chi connectivity index (χ1) is 10.6. The average Bonchev–Trinajstić information content (AvgIpc) is 2.55. The fourth-order valence-electron chi connectivity index (χ4n) is 2.19. The smallest absolute Gasteiger partial charge is 0.284 e.